The molecule has 0 amide bonds. The van der Waals surface area contributed by atoms with Crippen LogP contribution in [0.2, 0.25) is 0 Å². The molecule has 5 heteroatoms. The summed E-state index contributed by atoms with van der Waals surface area (Å²) in [4.78, 5) is 16.1. The van der Waals surface area contributed by atoms with E-state index < -0.39 is 5.97 Å². The molecule has 0 bridgehead atoms. The van der Waals surface area contributed by atoms with Crippen LogP contribution in [-0.2, 0) is 4.79 Å². The van der Waals surface area contributed by atoms with Crippen molar-refractivity contribution in [3.63, 3.8) is 0 Å². The van der Waals surface area contributed by atoms with Crippen LogP contribution in [-0.4, -0.2) is 47.7 Å². The number of rotatable bonds is 4. The van der Waals surface area contributed by atoms with Gasteiger partial charge in [0.25, 0.3) is 0 Å². The molecule has 1 aromatic heterocycles. The van der Waals surface area contributed by atoms with Gasteiger partial charge in [0.2, 0.25) is 0 Å². The maximum Gasteiger partial charge on any atom is 0.317 e. The second kappa shape index (κ2) is 5.77. The Morgan fingerprint density at radius 1 is 1.43 bits per heavy atom. The van der Waals surface area contributed by atoms with E-state index in [1.807, 2.05) is 17.0 Å². The normalized spacial score (nSPS) is 17.2. The molecule has 3 rings (SSSR count). The Bertz CT molecular complexity index is 642. The highest BCUT2D eigenvalue weighted by Gasteiger charge is 2.24. The van der Waals surface area contributed by atoms with Crippen LogP contribution in [0.3, 0.4) is 0 Å². The van der Waals surface area contributed by atoms with Crippen molar-refractivity contribution in [3.8, 4) is 5.75 Å². The van der Waals surface area contributed by atoms with Crippen LogP contribution >= 0.6 is 0 Å². The number of methoxy groups -OCH3 is 1. The molecule has 1 saturated heterocycles. The van der Waals surface area contributed by atoms with Gasteiger partial charge >= 0.3 is 5.97 Å². The summed E-state index contributed by atoms with van der Waals surface area (Å²) in [5.41, 5.74) is 2.36. The molecule has 21 heavy (non-hydrogen) atoms. The lowest BCUT2D eigenvalue weighted by Crippen LogP contribution is -2.36. The van der Waals surface area contributed by atoms with Crippen molar-refractivity contribution in [1.29, 1.82) is 0 Å². The molecular weight excluding hydrogens is 268 g/mol. The summed E-state index contributed by atoms with van der Waals surface area (Å²) in [5.74, 6) is 0.600. The van der Waals surface area contributed by atoms with Crippen LogP contribution in [0.5, 0.6) is 5.75 Å². The Hall–Kier alpha value is -2.01. The van der Waals surface area contributed by atoms with Crippen molar-refractivity contribution in [2.24, 2.45) is 0 Å². The molecule has 2 N–H and O–H groups in total. The summed E-state index contributed by atoms with van der Waals surface area (Å²) in [7, 11) is 1.68. The van der Waals surface area contributed by atoms with E-state index in [1.54, 1.807) is 7.11 Å². The number of para-hydroxylation sites is 1. The SMILES string of the molecule is COc1cccc2c(C3CCN(CC(=O)O)CC3)c[nH]c12. The Labute approximate surface area is 123 Å². The summed E-state index contributed by atoms with van der Waals surface area (Å²) >= 11 is 0. The number of ether oxygens (including phenoxy) is 1. The number of nitrogens with zero attached hydrogens (tertiary/aromatic N) is 1. The van der Waals surface area contributed by atoms with Gasteiger partial charge < -0.3 is 14.8 Å². The van der Waals surface area contributed by atoms with Crippen LogP contribution in [0.25, 0.3) is 10.9 Å². The lowest BCUT2D eigenvalue weighted by Gasteiger charge is -2.30. The predicted molar refractivity (Wildman–Crippen MR) is 80.9 cm³/mol. The molecule has 5 nitrogen and oxygen atoms in total. The van der Waals surface area contributed by atoms with Crippen molar-refractivity contribution in [3.05, 3.63) is 30.0 Å². The molecular formula is C16H20N2O3. The topological polar surface area (TPSA) is 65.6 Å². The van der Waals surface area contributed by atoms with Crippen LogP contribution in [0.1, 0.15) is 24.3 Å². The number of hydrogen-bond donors (Lipinski definition) is 2. The van der Waals surface area contributed by atoms with Gasteiger partial charge in [0, 0.05) is 11.6 Å². The largest absolute Gasteiger partial charge is 0.495 e. The molecule has 112 valence electrons. The maximum atomic E-state index is 10.8. The van der Waals surface area contributed by atoms with Crippen molar-refractivity contribution in [2.45, 2.75) is 18.8 Å². The number of piperidine rings is 1. The molecule has 1 aliphatic heterocycles. The fourth-order valence-electron chi connectivity index (χ4n) is 3.25. The standard InChI is InChI=1S/C16H20N2O3/c1-21-14-4-2-3-12-13(9-17-16(12)14)11-5-7-18(8-6-11)10-15(19)20/h2-4,9,11,17H,5-8,10H2,1H3,(H,19,20). The van der Waals surface area contributed by atoms with Gasteiger partial charge in [-0.1, -0.05) is 12.1 Å². The van der Waals surface area contributed by atoms with Crippen LogP contribution in [0.4, 0.5) is 0 Å². The van der Waals surface area contributed by atoms with Crippen molar-refractivity contribution in [1.82, 2.24) is 9.88 Å². The van der Waals surface area contributed by atoms with Gasteiger partial charge in [-0.15, -0.1) is 0 Å². The van der Waals surface area contributed by atoms with Gasteiger partial charge in [0.05, 0.1) is 19.2 Å². The summed E-state index contributed by atoms with van der Waals surface area (Å²) in [6, 6.07) is 6.09. The van der Waals surface area contributed by atoms with Gasteiger partial charge in [0.1, 0.15) is 5.75 Å². The summed E-state index contributed by atoms with van der Waals surface area (Å²) in [5, 5.41) is 10.1. The van der Waals surface area contributed by atoms with Crippen molar-refractivity contribution >= 4 is 16.9 Å². The minimum atomic E-state index is -0.745. The Morgan fingerprint density at radius 2 is 2.19 bits per heavy atom. The zero-order chi connectivity index (χ0) is 14.8. The minimum Gasteiger partial charge on any atom is -0.495 e. The summed E-state index contributed by atoms with van der Waals surface area (Å²) in [6.45, 7) is 1.83. The fourth-order valence-corrected chi connectivity index (χ4v) is 3.25. The van der Waals surface area contributed by atoms with Gasteiger partial charge in [-0.05, 0) is 43.5 Å². The number of benzene rings is 1. The molecule has 1 aromatic carbocycles. The van der Waals surface area contributed by atoms with Crippen LogP contribution < -0.4 is 4.74 Å². The predicted octanol–water partition coefficient (Wildman–Crippen LogP) is 2.44. The number of fused-ring (bicyclic) bond motifs is 1. The van der Waals surface area contributed by atoms with E-state index in [4.69, 9.17) is 9.84 Å². The number of carboxylic acid groups (broad SMARTS) is 1. The smallest absolute Gasteiger partial charge is 0.317 e. The van der Waals surface area contributed by atoms with E-state index in [9.17, 15) is 4.79 Å². The van der Waals surface area contributed by atoms with Crippen LogP contribution in [0, 0.1) is 0 Å². The number of carbonyl (C=O) groups is 1. The number of H-pyrrole nitrogens is 1. The van der Waals surface area contributed by atoms with E-state index in [2.05, 4.69) is 17.2 Å². The molecule has 0 saturated carbocycles. The highest BCUT2D eigenvalue weighted by Crippen LogP contribution is 2.35. The van der Waals surface area contributed by atoms with Gasteiger partial charge in [-0.3, -0.25) is 9.69 Å². The number of aliphatic carboxylic acids is 1. The zero-order valence-electron chi connectivity index (χ0n) is 12.1. The third-order valence-electron chi connectivity index (χ3n) is 4.32. The summed E-state index contributed by atoms with van der Waals surface area (Å²) < 4.78 is 5.38. The maximum absolute atomic E-state index is 10.8. The van der Waals surface area contributed by atoms with E-state index in [0.29, 0.717) is 5.92 Å². The third kappa shape index (κ3) is 2.74. The second-order valence-electron chi connectivity index (χ2n) is 5.57. The molecule has 1 aliphatic rings. The lowest BCUT2D eigenvalue weighted by atomic mass is 9.89. The Kier molecular flexibility index (Phi) is 3.84. The summed E-state index contributed by atoms with van der Waals surface area (Å²) in [6.07, 6.45) is 4.07. The van der Waals surface area contributed by atoms with E-state index in [0.717, 1.165) is 37.2 Å². The molecule has 0 spiro atoms. The first-order valence-corrected chi connectivity index (χ1v) is 7.27. The van der Waals surface area contributed by atoms with E-state index >= 15 is 0 Å². The number of hydrogen-bond acceptors (Lipinski definition) is 3. The quantitative estimate of drug-likeness (QED) is 0.907. The Balaban J connectivity index is 1.78. The van der Waals surface area contributed by atoms with Crippen LogP contribution in [0.15, 0.2) is 24.4 Å². The zero-order valence-corrected chi connectivity index (χ0v) is 12.1. The highest BCUT2D eigenvalue weighted by molar-refractivity contribution is 5.88. The number of aromatic nitrogens is 1. The monoisotopic (exact) mass is 288 g/mol. The highest BCUT2D eigenvalue weighted by atomic mass is 16.5. The number of carboxylic acids is 1. The molecule has 0 atom stereocenters. The lowest BCUT2D eigenvalue weighted by molar-refractivity contribution is -0.138. The van der Waals surface area contributed by atoms with Gasteiger partial charge in [0.15, 0.2) is 0 Å². The average molecular weight is 288 g/mol. The number of likely N-dealkylation sites (tertiary alicyclic amines) is 1. The molecule has 1 fully saturated rings. The molecule has 0 radical (unpaired) electrons. The number of nitrogens with one attached hydrogen (secondary N) is 1. The van der Waals surface area contributed by atoms with E-state index in [1.165, 1.54) is 10.9 Å². The van der Waals surface area contributed by atoms with E-state index in [-0.39, 0.29) is 6.54 Å². The minimum absolute atomic E-state index is 0.147. The Morgan fingerprint density at radius 3 is 2.86 bits per heavy atom. The first kappa shape index (κ1) is 13.9. The second-order valence-corrected chi connectivity index (χ2v) is 5.57. The first-order valence-electron chi connectivity index (χ1n) is 7.27. The molecule has 2 heterocycles. The number of aromatic amines is 1. The van der Waals surface area contributed by atoms with Crippen molar-refractivity contribution in [2.75, 3.05) is 26.7 Å². The molecule has 0 aliphatic carbocycles. The third-order valence-corrected chi connectivity index (χ3v) is 4.32. The first-order chi connectivity index (χ1) is 10.2. The average Bonchev–Trinajstić information content (AvgIpc) is 2.91. The fraction of sp³-hybridized carbons (Fsp3) is 0.438. The molecule has 2 aromatic rings. The van der Waals surface area contributed by atoms with Gasteiger partial charge in [-0.2, -0.15) is 0 Å². The van der Waals surface area contributed by atoms with Gasteiger partial charge in [-0.25, -0.2) is 0 Å². The molecule has 0 unspecified atom stereocenters. The van der Waals surface area contributed by atoms with Crippen molar-refractivity contribution < 1.29 is 14.6 Å².